The average molecular weight is 379 g/mol. The van der Waals surface area contributed by atoms with Crippen molar-refractivity contribution in [1.82, 2.24) is 9.21 Å². The summed E-state index contributed by atoms with van der Waals surface area (Å²) in [7, 11) is -3.43. The molecule has 0 aromatic heterocycles. The molecule has 1 aliphatic heterocycles. The molecular weight excluding hydrogens is 356 g/mol. The Hall–Kier alpha value is -1.40. The zero-order chi connectivity index (χ0) is 17.9. The number of alkyl halides is 1. The van der Waals surface area contributed by atoms with Crippen LogP contribution in [0.3, 0.4) is 0 Å². The molecule has 0 saturated carbocycles. The SMILES string of the molecule is Cc1ccc(S(=O)(=O)N2CCN(C(CCl)c3ccccc3)CC2)cc1. The number of piperazine rings is 1. The van der Waals surface area contributed by atoms with Gasteiger partial charge in [-0.2, -0.15) is 4.31 Å². The molecule has 1 heterocycles. The molecule has 2 aromatic carbocycles. The standard InChI is InChI=1S/C19H23ClN2O2S/c1-16-7-9-18(10-8-16)25(23,24)22-13-11-21(12-14-22)19(15-20)17-5-3-2-4-6-17/h2-10,19H,11-15H2,1H3. The van der Waals surface area contributed by atoms with Gasteiger partial charge in [0.2, 0.25) is 10.0 Å². The van der Waals surface area contributed by atoms with Crippen LogP contribution in [0.25, 0.3) is 0 Å². The molecule has 1 fully saturated rings. The number of halogens is 1. The molecule has 0 N–H and O–H groups in total. The number of aryl methyl sites for hydroxylation is 1. The maximum absolute atomic E-state index is 12.8. The van der Waals surface area contributed by atoms with Crippen molar-refractivity contribution in [3.63, 3.8) is 0 Å². The quantitative estimate of drug-likeness (QED) is 0.749. The molecule has 1 saturated heterocycles. The summed E-state index contributed by atoms with van der Waals surface area (Å²) >= 11 is 6.20. The van der Waals surface area contributed by atoms with E-state index in [-0.39, 0.29) is 6.04 Å². The topological polar surface area (TPSA) is 40.6 Å². The molecule has 25 heavy (non-hydrogen) atoms. The average Bonchev–Trinajstić information content (AvgIpc) is 2.64. The highest BCUT2D eigenvalue weighted by molar-refractivity contribution is 7.89. The van der Waals surface area contributed by atoms with Crippen LogP contribution in [0.4, 0.5) is 0 Å². The first kappa shape index (κ1) is 18.4. The van der Waals surface area contributed by atoms with Gasteiger partial charge in [0.25, 0.3) is 0 Å². The smallest absolute Gasteiger partial charge is 0.243 e. The van der Waals surface area contributed by atoms with Gasteiger partial charge >= 0.3 is 0 Å². The molecule has 0 spiro atoms. The largest absolute Gasteiger partial charge is 0.293 e. The molecule has 1 atom stereocenters. The Morgan fingerprint density at radius 3 is 2.12 bits per heavy atom. The molecule has 0 amide bonds. The van der Waals surface area contributed by atoms with Gasteiger partial charge in [0, 0.05) is 38.1 Å². The third kappa shape index (κ3) is 4.06. The van der Waals surface area contributed by atoms with E-state index in [1.165, 1.54) is 5.56 Å². The monoisotopic (exact) mass is 378 g/mol. The lowest BCUT2D eigenvalue weighted by Crippen LogP contribution is -2.49. The summed E-state index contributed by atoms with van der Waals surface area (Å²) in [5.41, 5.74) is 2.23. The summed E-state index contributed by atoms with van der Waals surface area (Å²) in [4.78, 5) is 2.63. The highest BCUT2D eigenvalue weighted by Gasteiger charge is 2.31. The Bertz CT molecular complexity index is 786. The number of rotatable bonds is 5. The van der Waals surface area contributed by atoms with Gasteiger partial charge in [0.05, 0.1) is 4.90 Å². The van der Waals surface area contributed by atoms with Crippen LogP contribution >= 0.6 is 11.6 Å². The van der Waals surface area contributed by atoms with Crippen molar-refractivity contribution >= 4 is 21.6 Å². The summed E-state index contributed by atoms with van der Waals surface area (Å²) in [6, 6.07) is 17.3. The van der Waals surface area contributed by atoms with Crippen molar-refractivity contribution in [3.05, 3.63) is 65.7 Å². The van der Waals surface area contributed by atoms with E-state index in [0.717, 1.165) is 5.56 Å². The van der Waals surface area contributed by atoms with E-state index in [4.69, 9.17) is 11.6 Å². The van der Waals surface area contributed by atoms with Gasteiger partial charge in [-0.1, -0.05) is 48.0 Å². The van der Waals surface area contributed by atoms with Gasteiger partial charge in [0.15, 0.2) is 0 Å². The molecular formula is C19H23ClN2O2S. The second-order valence-electron chi connectivity index (χ2n) is 6.33. The van der Waals surface area contributed by atoms with Gasteiger partial charge in [0.1, 0.15) is 0 Å². The Balaban J connectivity index is 1.70. The molecule has 0 bridgehead atoms. The first-order valence-electron chi connectivity index (χ1n) is 8.44. The zero-order valence-electron chi connectivity index (χ0n) is 14.3. The molecule has 2 aromatic rings. The molecule has 1 aliphatic rings. The maximum atomic E-state index is 12.8. The lowest BCUT2D eigenvalue weighted by molar-refractivity contribution is 0.147. The van der Waals surface area contributed by atoms with Crippen molar-refractivity contribution in [3.8, 4) is 0 Å². The normalized spacial score (nSPS) is 18.2. The molecule has 0 radical (unpaired) electrons. The van der Waals surface area contributed by atoms with E-state index in [1.54, 1.807) is 16.4 Å². The number of nitrogens with zero attached hydrogens (tertiary/aromatic N) is 2. The molecule has 134 valence electrons. The highest BCUT2D eigenvalue weighted by atomic mass is 35.5. The van der Waals surface area contributed by atoms with Gasteiger partial charge in [-0.15, -0.1) is 11.6 Å². The minimum absolute atomic E-state index is 0.118. The highest BCUT2D eigenvalue weighted by Crippen LogP contribution is 2.25. The third-order valence-corrected chi connectivity index (χ3v) is 6.91. The van der Waals surface area contributed by atoms with Crippen LogP contribution in [-0.4, -0.2) is 49.7 Å². The van der Waals surface area contributed by atoms with E-state index in [9.17, 15) is 8.42 Å². The molecule has 4 nitrogen and oxygen atoms in total. The van der Waals surface area contributed by atoms with Gasteiger partial charge in [-0.25, -0.2) is 8.42 Å². The van der Waals surface area contributed by atoms with Gasteiger partial charge < -0.3 is 0 Å². The lowest BCUT2D eigenvalue weighted by Gasteiger charge is -2.38. The summed E-state index contributed by atoms with van der Waals surface area (Å²) in [6.45, 7) is 4.27. The second kappa shape index (κ2) is 7.87. The fraction of sp³-hybridized carbons (Fsp3) is 0.368. The van der Waals surface area contributed by atoms with E-state index in [2.05, 4.69) is 17.0 Å². The predicted molar refractivity (Wildman–Crippen MR) is 101 cm³/mol. The summed E-state index contributed by atoms with van der Waals surface area (Å²) < 4.78 is 27.2. The summed E-state index contributed by atoms with van der Waals surface area (Å²) in [5, 5.41) is 0. The number of hydrogen-bond acceptors (Lipinski definition) is 3. The van der Waals surface area contributed by atoms with E-state index < -0.39 is 10.0 Å². The lowest BCUT2D eigenvalue weighted by atomic mass is 10.1. The van der Waals surface area contributed by atoms with Crippen molar-refractivity contribution in [1.29, 1.82) is 0 Å². The van der Waals surface area contributed by atoms with Gasteiger partial charge in [-0.3, -0.25) is 4.90 Å². The van der Waals surface area contributed by atoms with Crippen molar-refractivity contribution in [2.75, 3.05) is 32.1 Å². The Morgan fingerprint density at radius 1 is 0.960 bits per heavy atom. The van der Waals surface area contributed by atoms with Crippen LogP contribution in [0, 0.1) is 6.92 Å². The maximum Gasteiger partial charge on any atom is 0.243 e. The fourth-order valence-electron chi connectivity index (χ4n) is 3.19. The van der Waals surface area contributed by atoms with E-state index in [0.29, 0.717) is 37.0 Å². The van der Waals surface area contributed by atoms with Crippen LogP contribution in [0.1, 0.15) is 17.2 Å². The Kier molecular flexibility index (Phi) is 5.79. The van der Waals surface area contributed by atoms with Crippen LogP contribution in [0.15, 0.2) is 59.5 Å². The second-order valence-corrected chi connectivity index (χ2v) is 8.58. The van der Waals surface area contributed by atoms with E-state index in [1.807, 2.05) is 37.3 Å². The summed E-state index contributed by atoms with van der Waals surface area (Å²) in [5.74, 6) is 0.495. The Morgan fingerprint density at radius 2 is 1.56 bits per heavy atom. The van der Waals surface area contributed by atoms with Crippen molar-refractivity contribution < 1.29 is 8.42 Å². The Labute approximate surface area is 155 Å². The van der Waals surface area contributed by atoms with Crippen LogP contribution in [0.5, 0.6) is 0 Å². The summed E-state index contributed by atoms with van der Waals surface area (Å²) in [6.07, 6.45) is 0. The van der Waals surface area contributed by atoms with E-state index >= 15 is 0 Å². The molecule has 0 aliphatic carbocycles. The minimum Gasteiger partial charge on any atom is -0.293 e. The van der Waals surface area contributed by atoms with Crippen LogP contribution in [0.2, 0.25) is 0 Å². The van der Waals surface area contributed by atoms with Gasteiger partial charge in [-0.05, 0) is 24.6 Å². The fourth-order valence-corrected chi connectivity index (χ4v) is 4.98. The molecule has 1 unspecified atom stereocenters. The first-order chi connectivity index (χ1) is 12.0. The molecule has 3 rings (SSSR count). The van der Waals surface area contributed by atoms with Crippen molar-refractivity contribution in [2.45, 2.75) is 17.9 Å². The number of sulfonamides is 1. The third-order valence-electron chi connectivity index (χ3n) is 4.70. The molecule has 6 heteroatoms. The van der Waals surface area contributed by atoms with Crippen LogP contribution in [-0.2, 0) is 10.0 Å². The van der Waals surface area contributed by atoms with Crippen molar-refractivity contribution in [2.24, 2.45) is 0 Å². The number of hydrogen-bond donors (Lipinski definition) is 0. The predicted octanol–water partition coefficient (Wildman–Crippen LogP) is 3.28. The number of benzene rings is 2. The zero-order valence-corrected chi connectivity index (χ0v) is 15.9. The minimum atomic E-state index is -3.43. The first-order valence-corrected chi connectivity index (χ1v) is 10.4. The van der Waals surface area contributed by atoms with Crippen LogP contribution < -0.4 is 0 Å².